The summed E-state index contributed by atoms with van der Waals surface area (Å²) in [5.74, 6) is -0.912. The SMILES string of the molecule is CCOCCSC1CCN(c2c(F)cccc2F)C1=O. The first kappa shape index (κ1) is 15.3. The fourth-order valence-electron chi connectivity index (χ4n) is 2.17. The van der Waals surface area contributed by atoms with Crippen molar-refractivity contribution in [2.75, 3.05) is 30.4 Å². The van der Waals surface area contributed by atoms with Gasteiger partial charge >= 0.3 is 0 Å². The van der Waals surface area contributed by atoms with Crippen LogP contribution in [-0.4, -0.2) is 36.7 Å². The quantitative estimate of drug-likeness (QED) is 0.757. The van der Waals surface area contributed by atoms with Crippen LogP contribution in [0.2, 0.25) is 0 Å². The summed E-state index contributed by atoms with van der Waals surface area (Å²) in [6.45, 7) is 3.49. The van der Waals surface area contributed by atoms with Crippen molar-refractivity contribution in [3.8, 4) is 0 Å². The molecule has 1 saturated heterocycles. The van der Waals surface area contributed by atoms with Crippen LogP contribution in [0.5, 0.6) is 0 Å². The number of anilines is 1. The molecule has 0 aliphatic carbocycles. The fraction of sp³-hybridized carbons (Fsp3) is 0.500. The minimum atomic E-state index is -0.696. The van der Waals surface area contributed by atoms with Gasteiger partial charge in [0.15, 0.2) is 0 Å². The van der Waals surface area contributed by atoms with Crippen LogP contribution in [0.3, 0.4) is 0 Å². The summed E-state index contributed by atoms with van der Waals surface area (Å²) >= 11 is 1.48. The zero-order valence-electron chi connectivity index (χ0n) is 11.3. The molecule has 2 rings (SSSR count). The average Bonchev–Trinajstić information content (AvgIpc) is 2.77. The van der Waals surface area contributed by atoms with E-state index in [1.807, 2.05) is 6.92 Å². The number of hydrogen-bond acceptors (Lipinski definition) is 3. The number of thioether (sulfide) groups is 1. The summed E-state index contributed by atoms with van der Waals surface area (Å²) in [7, 11) is 0. The molecule has 1 heterocycles. The lowest BCUT2D eigenvalue weighted by Crippen LogP contribution is -2.30. The van der Waals surface area contributed by atoms with E-state index in [1.54, 1.807) is 0 Å². The molecule has 0 spiro atoms. The van der Waals surface area contributed by atoms with Crippen LogP contribution in [0.15, 0.2) is 18.2 Å². The third-order valence-corrected chi connectivity index (χ3v) is 4.36. The number of carbonyl (C=O) groups excluding carboxylic acids is 1. The zero-order valence-corrected chi connectivity index (χ0v) is 12.1. The highest BCUT2D eigenvalue weighted by Crippen LogP contribution is 2.31. The number of para-hydroxylation sites is 1. The third kappa shape index (κ3) is 3.30. The number of ether oxygens (including phenoxy) is 1. The number of hydrogen-bond donors (Lipinski definition) is 0. The van der Waals surface area contributed by atoms with Gasteiger partial charge < -0.3 is 9.64 Å². The monoisotopic (exact) mass is 301 g/mol. The van der Waals surface area contributed by atoms with Crippen molar-refractivity contribution in [3.63, 3.8) is 0 Å². The summed E-state index contributed by atoms with van der Waals surface area (Å²) in [4.78, 5) is 13.4. The van der Waals surface area contributed by atoms with E-state index in [2.05, 4.69) is 0 Å². The first-order chi connectivity index (χ1) is 9.65. The Labute approximate surface area is 121 Å². The molecule has 6 heteroatoms. The minimum Gasteiger partial charge on any atom is -0.381 e. The molecule has 1 amide bonds. The second-order valence-electron chi connectivity index (χ2n) is 4.41. The zero-order chi connectivity index (χ0) is 14.5. The van der Waals surface area contributed by atoms with Gasteiger partial charge in [-0.3, -0.25) is 4.79 Å². The highest BCUT2D eigenvalue weighted by atomic mass is 32.2. The lowest BCUT2D eigenvalue weighted by Gasteiger charge is -2.18. The molecule has 3 nitrogen and oxygen atoms in total. The summed E-state index contributed by atoms with van der Waals surface area (Å²) in [5, 5.41) is -0.241. The summed E-state index contributed by atoms with van der Waals surface area (Å²) in [6.07, 6.45) is 0.601. The molecule has 1 aromatic rings. The Morgan fingerprint density at radius 2 is 2.10 bits per heavy atom. The van der Waals surface area contributed by atoms with Crippen molar-refractivity contribution in [3.05, 3.63) is 29.8 Å². The lowest BCUT2D eigenvalue weighted by atomic mass is 10.2. The summed E-state index contributed by atoms with van der Waals surface area (Å²) < 4.78 is 32.6. The lowest BCUT2D eigenvalue weighted by molar-refractivity contribution is -0.116. The van der Waals surface area contributed by atoms with E-state index >= 15 is 0 Å². The Balaban J connectivity index is 2.00. The molecule has 0 N–H and O–H groups in total. The van der Waals surface area contributed by atoms with Crippen LogP contribution < -0.4 is 4.90 Å². The highest BCUT2D eigenvalue weighted by molar-refractivity contribution is 8.00. The normalized spacial score (nSPS) is 18.9. The van der Waals surface area contributed by atoms with Gasteiger partial charge in [-0.25, -0.2) is 8.78 Å². The van der Waals surface area contributed by atoms with Crippen molar-refractivity contribution in [1.29, 1.82) is 0 Å². The van der Waals surface area contributed by atoms with E-state index in [0.717, 1.165) is 0 Å². The number of carbonyl (C=O) groups is 1. The fourth-order valence-corrected chi connectivity index (χ4v) is 3.21. The molecule has 1 atom stereocenters. The molecular weight excluding hydrogens is 284 g/mol. The van der Waals surface area contributed by atoms with Gasteiger partial charge in [-0.1, -0.05) is 6.07 Å². The molecule has 1 fully saturated rings. The molecule has 0 saturated carbocycles. The molecule has 1 aliphatic heterocycles. The topological polar surface area (TPSA) is 29.5 Å². The van der Waals surface area contributed by atoms with Crippen LogP contribution in [-0.2, 0) is 9.53 Å². The smallest absolute Gasteiger partial charge is 0.240 e. The van der Waals surface area contributed by atoms with Crippen molar-refractivity contribution in [2.24, 2.45) is 0 Å². The molecule has 1 aromatic carbocycles. The van der Waals surface area contributed by atoms with Crippen LogP contribution in [0, 0.1) is 11.6 Å². The number of nitrogens with zero attached hydrogens (tertiary/aromatic N) is 1. The highest BCUT2D eigenvalue weighted by Gasteiger charge is 2.35. The summed E-state index contributed by atoms with van der Waals surface area (Å²) in [6, 6.07) is 3.63. The second-order valence-corrected chi connectivity index (χ2v) is 5.72. The van der Waals surface area contributed by atoms with Crippen LogP contribution in [0.1, 0.15) is 13.3 Å². The van der Waals surface area contributed by atoms with E-state index in [9.17, 15) is 13.6 Å². The van der Waals surface area contributed by atoms with Gasteiger partial charge in [0.25, 0.3) is 0 Å². The number of rotatable bonds is 6. The number of amides is 1. The summed E-state index contributed by atoms with van der Waals surface area (Å²) in [5.41, 5.74) is -0.231. The standard InChI is InChI=1S/C14H17F2NO2S/c1-2-19-8-9-20-12-6-7-17(14(12)18)13-10(15)4-3-5-11(13)16/h3-5,12H,2,6-9H2,1H3. The Morgan fingerprint density at radius 1 is 1.40 bits per heavy atom. The number of benzene rings is 1. The second kappa shape index (κ2) is 7.04. The van der Waals surface area contributed by atoms with Gasteiger partial charge in [0, 0.05) is 18.9 Å². The van der Waals surface area contributed by atoms with E-state index in [-0.39, 0.29) is 16.8 Å². The maximum Gasteiger partial charge on any atom is 0.240 e. The van der Waals surface area contributed by atoms with Crippen molar-refractivity contribution < 1.29 is 18.3 Å². The maximum absolute atomic E-state index is 13.7. The average molecular weight is 301 g/mol. The molecule has 1 unspecified atom stereocenters. The van der Waals surface area contributed by atoms with E-state index in [4.69, 9.17) is 4.74 Å². The molecule has 1 aliphatic rings. The van der Waals surface area contributed by atoms with Gasteiger partial charge in [0.05, 0.1) is 11.9 Å². The van der Waals surface area contributed by atoms with Crippen LogP contribution in [0.4, 0.5) is 14.5 Å². The van der Waals surface area contributed by atoms with Gasteiger partial charge in [-0.15, -0.1) is 11.8 Å². The predicted octanol–water partition coefficient (Wildman–Crippen LogP) is 2.84. The van der Waals surface area contributed by atoms with Gasteiger partial charge in [0.2, 0.25) is 5.91 Å². The third-order valence-electron chi connectivity index (χ3n) is 3.11. The largest absolute Gasteiger partial charge is 0.381 e. The Bertz CT molecular complexity index is 464. The van der Waals surface area contributed by atoms with Gasteiger partial charge in [-0.2, -0.15) is 0 Å². The molecule has 0 radical (unpaired) electrons. The predicted molar refractivity (Wildman–Crippen MR) is 76.1 cm³/mol. The molecule has 110 valence electrons. The maximum atomic E-state index is 13.7. The van der Waals surface area contributed by atoms with E-state index < -0.39 is 11.6 Å². The minimum absolute atomic E-state index is 0.226. The van der Waals surface area contributed by atoms with Crippen LogP contribution >= 0.6 is 11.8 Å². The van der Waals surface area contributed by atoms with Crippen molar-refractivity contribution in [1.82, 2.24) is 0 Å². The Kier molecular flexibility index (Phi) is 5.37. The molecule has 20 heavy (non-hydrogen) atoms. The molecule has 0 bridgehead atoms. The first-order valence-electron chi connectivity index (χ1n) is 6.60. The van der Waals surface area contributed by atoms with Gasteiger partial charge in [-0.05, 0) is 25.5 Å². The van der Waals surface area contributed by atoms with Crippen LogP contribution in [0.25, 0.3) is 0 Å². The van der Waals surface area contributed by atoms with Crippen molar-refractivity contribution in [2.45, 2.75) is 18.6 Å². The Morgan fingerprint density at radius 3 is 2.75 bits per heavy atom. The van der Waals surface area contributed by atoms with Gasteiger partial charge in [0.1, 0.15) is 17.3 Å². The Hall–Kier alpha value is -1.14. The van der Waals surface area contributed by atoms with Crippen molar-refractivity contribution >= 4 is 23.4 Å². The number of halogens is 2. The molecule has 0 aromatic heterocycles. The molecular formula is C14H17F2NO2S. The van der Waals surface area contributed by atoms with E-state index in [1.165, 1.54) is 34.9 Å². The van der Waals surface area contributed by atoms with E-state index in [0.29, 0.717) is 31.9 Å². The first-order valence-corrected chi connectivity index (χ1v) is 7.64.